The van der Waals surface area contributed by atoms with Gasteiger partial charge in [0.25, 0.3) is 0 Å². The van der Waals surface area contributed by atoms with Gasteiger partial charge < -0.3 is 21.2 Å². The van der Waals surface area contributed by atoms with E-state index in [1.807, 2.05) is 6.07 Å². The van der Waals surface area contributed by atoms with Gasteiger partial charge in [0.15, 0.2) is 0 Å². The van der Waals surface area contributed by atoms with Gasteiger partial charge in [-0.3, -0.25) is 14.7 Å². The molecule has 0 aliphatic carbocycles. The molecule has 0 saturated carbocycles. The number of nitrogens with zero attached hydrogens (tertiary/aromatic N) is 3. The largest absolute Gasteiger partial charge is 0.404 e. The second-order valence-electron chi connectivity index (χ2n) is 6.92. The Hall–Kier alpha value is -3.80. The SMILES string of the molecule is N#Cc1cc(NC(=O)/C=C/c2cnccc2/C(C=N)=C/N)ccc1CN1CCOCC1. The van der Waals surface area contributed by atoms with Crippen LogP contribution in [0.4, 0.5) is 5.69 Å². The number of aromatic nitrogens is 1. The van der Waals surface area contributed by atoms with Crippen molar-refractivity contribution in [2.24, 2.45) is 5.73 Å². The number of nitriles is 1. The number of nitrogens with two attached hydrogens (primary N) is 1. The first kappa shape index (κ1) is 21.9. The molecule has 1 fully saturated rings. The molecule has 2 heterocycles. The summed E-state index contributed by atoms with van der Waals surface area (Å²) < 4.78 is 5.36. The van der Waals surface area contributed by atoms with Crippen molar-refractivity contribution in [1.82, 2.24) is 9.88 Å². The van der Waals surface area contributed by atoms with Gasteiger partial charge in [0.1, 0.15) is 0 Å². The molecule has 8 heteroatoms. The van der Waals surface area contributed by atoms with Gasteiger partial charge in [0, 0.05) is 67.3 Å². The van der Waals surface area contributed by atoms with Gasteiger partial charge in [0.2, 0.25) is 5.91 Å². The molecular formula is C23H24N6O2. The molecule has 0 radical (unpaired) electrons. The zero-order chi connectivity index (χ0) is 22.1. The molecule has 0 atom stereocenters. The second-order valence-corrected chi connectivity index (χ2v) is 6.92. The van der Waals surface area contributed by atoms with Crippen LogP contribution in [0.2, 0.25) is 0 Å². The van der Waals surface area contributed by atoms with E-state index in [9.17, 15) is 10.1 Å². The number of carbonyl (C=O) groups excluding carboxylic acids is 1. The lowest BCUT2D eigenvalue weighted by Crippen LogP contribution is -2.35. The van der Waals surface area contributed by atoms with Crippen LogP contribution in [-0.4, -0.2) is 48.3 Å². The van der Waals surface area contributed by atoms with Crippen LogP contribution >= 0.6 is 0 Å². The van der Waals surface area contributed by atoms with Gasteiger partial charge in [-0.25, -0.2) is 0 Å². The Morgan fingerprint density at radius 3 is 2.87 bits per heavy atom. The highest BCUT2D eigenvalue weighted by atomic mass is 16.5. The van der Waals surface area contributed by atoms with E-state index in [0.717, 1.165) is 24.9 Å². The van der Waals surface area contributed by atoms with E-state index in [2.05, 4.69) is 21.3 Å². The molecule has 2 aromatic rings. The fraction of sp³-hybridized carbons (Fsp3) is 0.217. The molecule has 1 saturated heterocycles. The Bertz CT molecular complexity index is 1050. The fourth-order valence-corrected chi connectivity index (χ4v) is 3.26. The number of nitrogens with one attached hydrogen (secondary N) is 2. The van der Waals surface area contributed by atoms with E-state index in [1.54, 1.807) is 36.7 Å². The van der Waals surface area contributed by atoms with Crippen molar-refractivity contribution in [3.05, 3.63) is 71.2 Å². The molecule has 158 valence electrons. The van der Waals surface area contributed by atoms with Crippen LogP contribution in [-0.2, 0) is 16.1 Å². The van der Waals surface area contributed by atoms with Crippen LogP contribution in [0.5, 0.6) is 0 Å². The summed E-state index contributed by atoms with van der Waals surface area (Å²) in [7, 11) is 0. The lowest BCUT2D eigenvalue weighted by atomic mass is 10.0. The van der Waals surface area contributed by atoms with Crippen LogP contribution in [0, 0.1) is 16.7 Å². The Kier molecular flexibility index (Phi) is 7.65. The summed E-state index contributed by atoms with van der Waals surface area (Å²) in [5.74, 6) is -0.340. The van der Waals surface area contributed by atoms with Gasteiger partial charge in [-0.2, -0.15) is 5.26 Å². The van der Waals surface area contributed by atoms with Crippen molar-refractivity contribution >= 4 is 29.5 Å². The van der Waals surface area contributed by atoms with Crippen molar-refractivity contribution in [2.45, 2.75) is 6.54 Å². The molecule has 3 rings (SSSR count). The van der Waals surface area contributed by atoms with Crippen molar-refractivity contribution in [2.75, 3.05) is 31.6 Å². The first-order chi connectivity index (χ1) is 15.1. The fourth-order valence-electron chi connectivity index (χ4n) is 3.26. The van der Waals surface area contributed by atoms with Crippen LogP contribution in [0.3, 0.4) is 0 Å². The third-order valence-corrected chi connectivity index (χ3v) is 4.91. The normalized spacial score (nSPS) is 14.9. The number of pyridine rings is 1. The molecule has 4 N–H and O–H groups in total. The molecule has 1 amide bonds. The van der Waals surface area contributed by atoms with E-state index in [1.165, 1.54) is 12.3 Å². The summed E-state index contributed by atoms with van der Waals surface area (Å²) in [5, 5.41) is 19.8. The third-order valence-electron chi connectivity index (χ3n) is 4.91. The van der Waals surface area contributed by atoms with Gasteiger partial charge in [-0.1, -0.05) is 6.07 Å². The maximum absolute atomic E-state index is 12.4. The molecule has 0 unspecified atom stereocenters. The summed E-state index contributed by atoms with van der Waals surface area (Å²) in [5.41, 5.74) is 9.46. The van der Waals surface area contributed by atoms with E-state index < -0.39 is 0 Å². The first-order valence-corrected chi connectivity index (χ1v) is 9.83. The zero-order valence-corrected chi connectivity index (χ0v) is 17.0. The van der Waals surface area contributed by atoms with Crippen LogP contribution < -0.4 is 11.1 Å². The summed E-state index contributed by atoms with van der Waals surface area (Å²) in [6.07, 6.45) is 8.67. The Labute approximate surface area is 181 Å². The maximum Gasteiger partial charge on any atom is 0.248 e. The highest BCUT2D eigenvalue weighted by Gasteiger charge is 2.13. The first-order valence-electron chi connectivity index (χ1n) is 9.83. The van der Waals surface area contributed by atoms with E-state index in [-0.39, 0.29) is 5.91 Å². The quantitative estimate of drug-likeness (QED) is 0.470. The van der Waals surface area contributed by atoms with Crippen molar-refractivity contribution in [3.63, 3.8) is 0 Å². The zero-order valence-electron chi connectivity index (χ0n) is 17.0. The average molecular weight is 416 g/mol. The van der Waals surface area contributed by atoms with Crippen molar-refractivity contribution in [1.29, 1.82) is 10.7 Å². The highest BCUT2D eigenvalue weighted by Crippen LogP contribution is 2.19. The minimum atomic E-state index is -0.340. The number of ether oxygens (including phenoxy) is 1. The molecule has 31 heavy (non-hydrogen) atoms. The van der Waals surface area contributed by atoms with E-state index in [0.29, 0.717) is 47.7 Å². The molecule has 1 aliphatic heterocycles. The summed E-state index contributed by atoms with van der Waals surface area (Å²) in [6.45, 7) is 3.74. The molecule has 1 aromatic heterocycles. The minimum Gasteiger partial charge on any atom is -0.404 e. The number of hydrogen-bond acceptors (Lipinski definition) is 7. The Morgan fingerprint density at radius 1 is 1.35 bits per heavy atom. The number of rotatable bonds is 7. The van der Waals surface area contributed by atoms with E-state index in [4.69, 9.17) is 15.9 Å². The number of hydrogen-bond donors (Lipinski definition) is 3. The van der Waals surface area contributed by atoms with Gasteiger partial charge >= 0.3 is 0 Å². The number of carbonyl (C=O) groups is 1. The highest BCUT2D eigenvalue weighted by molar-refractivity contribution is 6.10. The van der Waals surface area contributed by atoms with E-state index >= 15 is 0 Å². The predicted molar refractivity (Wildman–Crippen MR) is 120 cm³/mol. The Morgan fingerprint density at radius 2 is 2.16 bits per heavy atom. The van der Waals surface area contributed by atoms with Crippen molar-refractivity contribution < 1.29 is 9.53 Å². The number of anilines is 1. The summed E-state index contributed by atoms with van der Waals surface area (Å²) in [6, 6.07) is 9.29. The smallest absolute Gasteiger partial charge is 0.248 e. The summed E-state index contributed by atoms with van der Waals surface area (Å²) >= 11 is 0. The maximum atomic E-state index is 12.4. The predicted octanol–water partition coefficient (Wildman–Crippen LogP) is 2.39. The van der Waals surface area contributed by atoms with Crippen LogP contribution in [0.15, 0.2) is 48.9 Å². The number of allylic oxidation sites excluding steroid dienone is 1. The number of morpholine rings is 1. The monoisotopic (exact) mass is 416 g/mol. The molecule has 1 aromatic carbocycles. The van der Waals surface area contributed by atoms with Gasteiger partial charge in [-0.05, 0) is 35.4 Å². The van der Waals surface area contributed by atoms with Crippen molar-refractivity contribution in [3.8, 4) is 6.07 Å². The van der Waals surface area contributed by atoms with Gasteiger partial charge in [0.05, 0.1) is 24.8 Å². The number of amides is 1. The third kappa shape index (κ3) is 5.85. The van der Waals surface area contributed by atoms with Crippen LogP contribution in [0.25, 0.3) is 11.6 Å². The van der Waals surface area contributed by atoms with Gasteiger partial charge in [-0.15, -0.1) is 0 Å². The molecule has 1 aliphatic rings. The molecule has 8 nitrogen and oxygen atoms in total. The standard InChI is InChI=1S/C23H24N6O2/c24-12-19-11-21(3-1-18(19)16-29-7-9-31-10-8-29)28-23(30)4-2-17-15-27-6-5-22(17)20(13-25)14-26/h1-6,11,13-15,25H,7-10,16,26H2,(H,28,30)/b4-2+,20-14+,25-13?. The number of benzene rings is 1. The minimum absolute atomic E-state index is 0.340. The van der Waals surface area contributed by atoms with Crippen LogP contribution in [0.1, 0.15) is 22.3 Å². The lowest BCUT2D eigenvalue weighted by molar-refractivity contribution is -0.111. The average Bonchev–Trinajstić information content (AvgIpc) is 2.81. The Balaban J connectivity index is 1.70. The molecular weight excluding hydrogens is 392 g/mol. The topological polar surface area (TPSA) is 128 Å². The second kappa shape index (κ2) is 10.8. The summed E-state index contributed by atoms with van der Waals surface area (Å²) in [4.78, 5) is 18.7. The lowest BCUT2D eigenvalue weighted by Gasteiger charge is -2.26. The molecule has 0 spiro atoms. The molecule has 0 bridgehead atoms.